The van der Waals surface area contributed by atoms with Crippen molar-refractivity contribution in [3.8, 4) is 6.07 Å². The number of aryl methyl sites for hydroxylation is 1. The van der Waals surface area contributed by atoms with Crippen molar-refractivity contribution >= 4 is 19.1 Å². The summed E-state index contributed by atoms with van der Waals surface area (Å²) >= 11 is 0. The van der Waals surface area contributed by atoms with Gasteiger partial charge in [0.2, 0.25) is 0 Å². The molecule has 0 bridgehead atoms. The van der Waals surface area contributed by atoms with E-state index in [0.29, 0.717) is 13.1 Å². The molecule has 8 nitrogen and oxygen atoms in total. The fraction of sp³-hybridized carbons (Fsp3) is 0.542. The third kappa shape index (κ3) is 8.91. The summed E-state index contributed by atoms with van der Waals surface area (Å²) in [6, 6.07) is 9.57. The Labute approximate surface area is 196 Å². The van der Waals surface area contributed by atoms with E-state index >= 15 is 0 Å². The maximum Gasteiger partial charge on any atom is 0.475 e. The number of benzene rings is 1. The van der Waals surface area contributed by atoms with Crippen molar-refractivity contribution in [2.24, 2.45) is 11.3 Å². The molecular weight excluding hydrogens is 421 g/mol. The van der Waals surface area contributed by atoms with E-state index in [-0.39, 0.29) is 35.8 Å². The van der Waals surface area contributed by atoms with Gasteiger partial charge in [-0.15, -0.1) is 0 Å². The highest BCUT2D eigenvalue weighted by Crippen LogP contribution is 2.22. The summed E-state index contributed by atoms with van der Waals surface area (Å²) in [6.45, 7) is 8.79. The summed E-state index contributed by atoms with van der Waals surface area (Å²) in [5.41, 5.74) is 1.78. The van der Waals surface area contributed by atoms with Gasteiger partial charge in [-0.25, -0.2) is 4.79 Å². The molecule has 9 heteroatoms. The number of nitriles is 1. The molecule has 1 saturated heterocycles. The molecule has 33 heavy (non-hydrogen) atoms. The minimum atomic E-state index is -1.74. The normalized spacial score (nSPS) is 17.7. The van der Waals surface area contributed by atoms with Crippen LogP contribution in [0.5, 0.6) is 0 Å². The van der Waals surface area contributed by atoms with E-state index in [4.69, 9.17) is 4.74 Å². The van der Waals surface area contributed by atoms with Crippen LogP contribution in [-0.2, 0) is 16.0 Å². The second-order valence-corrected chi connectivity index (χ2v) is 9.75. The Morgan fingerprint density at radius 3 is 2.58 bits per heavy atom. The number of nitrogens with one attached hydrogen (secondary N) is 1. The number of piperidine rings is 1. The first-order valence-corrected chi connectivity index (χ1v) is 11.3. The molecule has 0 aliphatic carbocycles. The third-order valence-electron chi connectivity index (χ3n) is 5.42. The zero-order chi connectivity index (χ0) is 24.6. The van der Waals surface area contributed by atoms with Crippen LogP contribution in [0.15, 0.2) is 35.9 Å². The fourth-order valence-corrected chi connectivity index (χ4v) is 3.73. The number of likely N-dealkylation sites (tertiary alicyclic amines) is 1. The summed E-state index contributed by atoms with van der Waals surface area (Å²) < 4.78 is 5.32. The molecule has 1 aliphatic rings. The molecule has 178 valence electrons. The minimum absolute atomic E-state index is 0.0578. The highest BCUT2D eigenvalue weighted by atomic mass is 16.5. The van der Waals surface area contributed by atoms with Gasteiger partial charge in [0.1, 0.15) is 11.6 Å². The van der Waals surface area contributed by atoms with Gasteiger partial charge in [-0.05, 0) is 37.2 Å². The highest BCUT2D eigenvalue weighted by molar-refractivity contribution is 6.43. The minimum Gasteiger partial charge on any atom is -0.449 e. The quantitative estimate of drug-likeness (QED) is 0.330. The van der Waals surface area contributed by atoms with Crippen LogP contribution in [0.3, 0.4) is 0 Å². The van der Waals surface area contributed by atoms with Gasteiger partial charge in [-0.1, -0.05) is 56.7 Å². The summed E-state index contributed by atoms with van der Waals surface area (Å²) in [5, 5.41) is 31.2. The van der Waals surface area contributed by atoms with Crippen LogP contribution in [-0.4, -0.2) is 59.7 Å². The second-order valence-electron chi connectivity index (χ2n) is 9.75. The zero-order valence-corrected chi connectivity index (χ0v) is 19.9. The number of nitrogens with zero attached hydrogens (tertiary/aromatic N) is 2. The van der Waals surface area contributed by atoms with Crippen molar-refractivity contribution < 1.29 is 24.4 Å². The van der Waals surface area contributed by atoms with Gasteiger partial charge in [-0.3, -0.25) is 4.79 Å². The Bertz CT molecular complexity index is 887. The molecule has 2 amide bonds. The van der Waals surface area contributed by atoms with E-state index < -0.39 is 19.2 Å². The lowest BCUT2D eigenvalue weighted by atomic mass is 9.76. The molecule has 2 atom stereocenters. The van der Waals surface area contributed by atoms with E-state index in [1.54, 1.807) is 11.0 Å². The average Bonchev–Trinajstić information content (AvgIpc) is 2.76. The van der Waals surface area contributed by atoms with Crippen molar-refractivity contribution in [3.63, 3.8) is 0 Å². The van der Waals surface area contributed by atoms with Gasteiger partial charge in [0, 0.05) is 19.0 Å². The van der Waals surface area contributed by atoms with Gasteiger partial charge < -0.3 is 25.0 Å². The van der Waals surface area contributed by atoms with Crippen LogP contribution in [0.1, 0.15) is 44.7 Å². The molecule has 1 heterocycles. The first kappa shape index (κ1) is 26.4. The summed E-state index contributed by atoms with van der Waals surface area (Å²) in [6.07, 6.45) is 2.72. The number of ether oxygens (including phenoxy) is 1. The summed E-state index contributed by atoms with van der Waals surface area (Å²) in [4.78, 5) is 26.7. The molecule has 0 aromatic heterocycles. The van der Waals surface area contributed by atoms with Crippen molar-refractivity contribution in [1.29, 1.82) is 5.26 Å². The molecule has 1 fully saturated rings. The van der Waals surface area contributed by atoms with Crippen LogP contribution in [0.25, 0.3) is 0 Å². The molecule has 2 rings (SSSR count). The van der Waals surface area contributed by atoms with Crippen molar-refractivity contribution in [3.05, 3.63) is 47.0 Å². The average molecular weight is 455 g/mol. The number of hydrogen-bond donors (Lipinski definition) is 3. The maximum absolute atomic E-state index is 12.8. The van der Waals surface area contributed by atoms with E-state index in [0.717, 1.165) is 24.0 Å². The number of carbonyl (C=O) groups excluding carboxylic acids is 2. The number of amides is 2. The van der Waals surface area contributed by atoms with E-state index in [1.165, 1.54) is 0 Å². The molecule has 1 unspecified atom stereocenters. The Balaban J connectivity index is 1.89. The predicted octanol–water partition coefficient (Wildman–Crippen LogP) is 2.38. The third-order valence-corrected chi connectivity index (χ3v) is 5.42. The van der Waals surface area contributed by atoms with Crippen LogP contribution < -0.4 is 5.32 Å². The molecule has 1 aromatic rings. The summed E-state index contributed by atoms with van der Waals surface area (Å²) in [7, 11) is -1.74. The number of allylic oxidation sites excluding steroid dienone is 1. The van der Waals surface area contributed by atoms with Crippen LogP contribution in [0, 0.1) is 29.6 Å². The molecule has 0 spiro atoms. The lowest BCUT2D eigenvalue weighted by Crippen LogP contribution is -2.48. The predicted molar refractivity (Wildman–Crippen MR) is 126 cm³/mol. The Morgan fingerprint density at radius 1 is 1.33 bits per heavy atom. The van der Waals surface area contributed by atoms with Gasteiger partial charge in [0.25, 0.3) is 5.91 Å². The molecule has 0 saturated carbocycles. The number of alkyl carbamates (subject to hydrolysis) is 1. The fourth-order valence-electron chi connectivity index (χ4n) is 3.73. The second kappa shape index (κ2) is 11.9. The summed E-state index contributed by atoms with van der Waals surface area (Å²) in [5.74, 6) is -1.27. The molecular formula is C24H34BN3O5. The first-order chi connectivity index (χ1) is 15.5. The first-order valence-electron chi connectivity index (χ1n) is 11.3. The molecule has 3 N–H and O–H groups in total. The van der Waals surface area contributed by atoms with E-state index in [9.17, 15) is 24.9 Å². The Kier molecular flexibility index (Phi) is 9.50. The maximum atomic E-state index is 12.8. The van der Waals surface area contributed by atoms with Crippen molar-refractivity contribution in [1.82, 2.24) is 10.2 Å². The van der Waals surface area contributed by atoms with E-state index in [1.807, 2.05) is 58.0 Å². The van der Waals surface area contributed by atoms with Gasteiger partial charge >= 0.3 is 13.2 Å². The van der Waals surface area contributed by atoms with Crippen LogP contribution in [0.2, 0.25) is 0 Å². The lowest BCUT2D eigenvalue weighted by Gasteiger charge is -2.32. The number of hydrogen-bond acceptors (Lipinski definition) is 6. The van der Waals surface area contributed by atoms with Gasteiger partial charge in [0.15, 0.2) is 0 Å². The topological polar surface area (TPSA) is 123 Å². The van der Waals surface area contributed by atoms with Gasteiger partial charge in [-0.2, -0.15) is 5.26 Å². The number of carbonyl (C=O) groups is 2. The molecule has 1 aromatic carbocycles. The monoisotopic (exact) mass is 455 g/mol. The number of rotatable bonds is 7. The van der Waals surface area contributed by atoms with Crippen molar-refractivity contribution in [2.75, 3.05) is 19.7 Å². The Hall–Kier alpha value is -2.83. The smallest absolute Gasteiger partial charge is 0.449 e. The van der Waals surface area contributed by atoms with Crippen molar-refractivity contribution in [2.45, 2.75) is 52.9 Å². The van der Waals surface area contributed by atoms with Gasteiger partial charge in [0.05, 0.1) is 12.5 Å². The lowest BCUT2D eigenvalue weighted by molar-refractivity contribution is -0.128. The Morgan fingerprint density at radius 2 is 2.00 bits per heavy atom. The van der Waals surface area contributed by atoms with Crippen LogP contribution in [0.4, 0.5) is 4.79 Å². The standard InChI is InChI=1S/C24H34BN3O5/c1-17-7-9-18(10-8-17)12-21(25(31)32)27-23(30)33-16-19-6-5-11-28(15-19)22(29)20(14-26)13-24(2,3)4/h7-10,13,19,21,31-32H,5-6,11-12,15-16H2,1-4H3,(H,27,30)/t19?,21-/m0/s1. The highest BCUT2D eigenvalue weighted by Gasteiger charge is 2.29. The van der Waals surface area contributed by atoms with E-state index in [2.05, 4.69) is 5.32 Å². The van der Waals surface area contributed by atoms with Crippen LogP contribution >= 0.6 is 0 Å². The molecule has 1 aliphatic heterocycles. The zero-order valence-electron chi connectivity index (χ0n) is 19.9. The SMILES string of the molecule is Cc1ccc(C[C@H](NC(=O)OCC2CCCN(C(=O)C(C#N)=CC(C)(C)C)C2)B(O)O)cc1. The largest absolute Gasteiger partial charge is 0.475 e. The molecule has 0 radical (unpaired) electrons.